The highest BCUT2D eigenvalue weighted by Gasteiger charge is 2.13. The molecule has 0 radical (unpaired) electrons. The summed E-state index contributed by atoms with van der Waals surface area (Å²) >= 11 is 6.03. The van der Waals surface area contributed by atoms with E-state index in [1.165, 1.54) is 12.3 Å². The number of aromatic nitrogens is 4. The normalized spacial score (nSPS) is 10.8. The molecule has 0 aliphatic carbocycles. The van der Waals surface area contributed by atoms with Crippen molar-refractivity contribution >= 4 is 23.2 Å². The Labute approximate surface area is 118 Å². The predicted molar refractivity (Wildman–Crippen MR) is 72.0 cm³/mol. The molecule has 6 nitrogen and oxygen atoms in total. The van der Waals surface area contributed by atoms with Gasteiger partial charge in [-0.15, -0.1) is 10.2 Å². The molecular weight excluding hydrogens is 280 g/mol. The fourth-order valence-corrected chi connectivity index (χ4v) is 2.17. The molecule has 7 heteroatoms. The number of carbonyl (C=O) groups is 1. The number of pyridine rings is 2. The second-order valence-electron chi connectivity index (χ2n) is 4.22. The number of halogens is 1. The molecule has 0 unspecified atom stereocenters. The van der Waals surface area contributed by atoms with Crippen molar-refractivity contribution in [1.82, 2.24) is 19.6 Å². The lowest BCUT2D eigenvalue weighted by Crippen LogP contribution is -2.02. The number of fused-ring (bicyclic) bond motifs is 1. The molecule has 3 heterocycles. The molecule has 3 aromatic rings. The van der Waals surface area contributed by atoms with E-state index in [0.717, 1.165) is 5.56 Å². The number of hydrogen-bond donors (Lipinski definition) is 1. The van der Waals surface area contributed by atoms with Crippen molar-refractivity contribution in [2.45, 2.75) is 6.42 Å². The van der Waals surface area contributed by atoms with Gasteiger partial charge in [-0.2, -0.15) is 0 Å². The molecule has 0 fully saturated rings. The summed E-state index contributed by atoms with van der Waals surface area (Å²) < 4.78 is 1.60. The van der Waals surface area contributed by atoms with Gasteiger partial charge in [0.15, 0.2) is 5.65 Å². The van der Waals surface area contributed by atoms with Crippen molar-refractivity contribution in [3.63, 3.8) is 0 Å². The first-order chi connectivity index (χ1) is 9.65. The SMILES string of the molecule is O=C(O)c1cc(Cl)c2nnc(Cc3ccncc3)n2c1. The molecule has 0 bridgehead atoms. The van der Waals surface area contributed by atoms with Gasteiger partial charge in [0.1, 0.15) is 5.82 Å². The van der Waals surface area contributed by atoms with Crippen LogP contribution in [0.2, 0.25) is 5.02 Å². The van der Waals surface area contributed by atoms with E-state index in [4.69, 9.17) is 16.7 Å². The Morgan fingerprint density at radius 3 is 2.75 bits per heavy atom. The van der Waals surface area contributed by atoms with Crippen LogP contribution in [0.1, 0.15) is 21.7 Å². The summed E-state index contributed by atoms with van der Waals surface area (Å²) in [5.41, 5.74) is 1.55. The summed E-state index contributed by atoms with van der Waals surface area (Å²) in [4.78, 5) is 15.0. The van der Waals surface area contributed by atoms with Crippen LogP contribution in [0.3, 0.4) is 0 Å². The molecule has 20 heavy (non-hydrogen) atoms. The zero-order valence-corrected chi connectivity index (χ0v) is 10.9. The first-order valence-electron chi connectivity index (χ1n) is 5.80. The van der Waals surface area contributed by atoms with Crippen LogP contribution in [0, 0.1) is 0 Å². The van der Waals surface area contributed by atoms with E-state index in [2.05, 4.69) is 15.2 Å². The van der Waals surface area contributed by atoms with Crippen molar-refractivity contribution in [3.8, 4) is 0 Å². The third-order valence-electron chi connectivity index (χ3n) is 2.89. The van der Waals surface area contributed by atoms with E-state index in [-0.39, 0.29) is 10.6 Å². The lowest BCUT2D eigenvalue weighted by atomic mass is 10.2. The van der Waals surface area contributed by atoms with E-state index in [1.807, 2.05) is 12.1 Å². The van der Waals surface area contributed by atoms with Crippen LogP contribution in [0.25, 0.3) is 5.65 Å². The maximum atomic E-state index is 11.1. The Kier molecular flexibility index (Phi) is 3.08. The van der Waals surface area contributed by atoms with Gasteiger partial charge in [-0.05, 0) is 23.8 Å². The lowest BCUT2D eigenvalue weighted by molar-refractivity contribution is 0.0696. The maximum absolute atomic E-state index is 11.1. The largest absolute Gasteiger partial charge is 0.478 e. The first kappa shape index (κ1) is 12.6. The van der Waals surface area contributed by atoms with Crippen molar-refractivity contribution in [1.29, 1.82) is 0 Å². The van der Waals surface area contributed by atoms with Gasteiger partial charge in [-0.1, -0.05) is 11.6 Å². The van der Waals surface area contributed by atoms with Crippen LogP contribution >= 0.6 is 11.6 Å². The summed E-state index contributed by atoms with van der Waals surface area (Å²) in [5, 5.41) is 17.4. The van der Waals surface area contributed by atoms with Crippen LogP contribution in [0.5, 0.6) is 0 Å². The van der Waals surface area contributed by atoms with Crippen molar-refractivity contribution in [2.24, 2.45) is 0 Å². The van der Waals surface area contributed by atoms with Crippen molar-refractivity contribution in [3.05, 3.63) is 58.8 Å². The molecule has 0 spiro atoms. The Bertz CT molecular complexity index is 786. The van der Waals surface area contributed by atoms with Crippen LogP contribution in [0.4, 0.5) is 0 Å². The van der Waals surface area contributed by atoms with Gasteiger partial charge in [-0.25, -0.2) is 4.79 Å². The van der Waals surface area contributed by atoms with Crippen LogP contribution in [-0.2, 0) is 6.42 Å². The standard InChI is InChI=1S/C13H9ClN4O2/c14-10-6-9(13(19)20)7-18-11(16-17-12(10)18)5-8-1-3-15-4-2-8/h1-4,6-7H,5H2,(H,19,20). The number of nitrogens with zero attached hydrogens (tertiary/aromatic N) is 4. The highest BCUT2D eigenvalue weighted by Crippen LogP contribution is 2.19. The molecule has 0 aliphatic heterocycles. The molecule has 0 amide bonds. The van der Waals surface area contributed by atoms with Crippen LogP contribution in [-0.4, -0.2) is 30.7 Å². The Morgan fingerprint density at radius 2 is 2.05 bits per heavy atom. The number of carboxylic acids is 1. The van der Waals surface area contributed by atoms with Crippen LogP contribution in [0.15, 0.2) is 36.8 Å². The summed E-state index contributed by atoms with van der Waals surface area (Å²) in [6.07, 6.45) is 5.37. The molecule has 100 valence electrons. The fourth-order valence-electron chi connectivity index (χ4n) is 1.92. The molecule has 1 N–H and O–H groups in total. The lowest BCUT2D eigenvalue weighted by Gasteiger charge is -2.03. The second-order valence-corrected chi connectivity index (χ2v) is 4.63. The molecule has 0 saturated carbocycles. The zero-order valence-electron chi connectivity index (χ0n) is 10.2. The molecule has 0 aliphatic rings. The third kappa shape index (κ3) is 2.21. The third-order valence-corrected chi connectivity index (χ3v) is 3.17. The minimum absolute atomic E-state index is 0.0956. The van der Waals surface area contributed by atoms with Gasteiger partial charge < -0.3 is 5.11 Å². The Morgan fingerprint density at radius 1 is 1.30 bits per heavy atom. The highest BCUT2D eigenvalue weighted by atomic mass is 35.5. The molecule has 0 atom stereocenters. The van der Waals surface area contributed by atoms with E-state index in [1.54, 1.807) is 16.8 Å². The highest BCUT2D eigenvalue weighted by molar-refractivity contribution is 6.33. The zero-order chi connectivity index (χ0) is 14.1. The van der Waals surface area contributed by atoms with Crippen molar-refractivity contribution < 1.29 is 9.90 Å². The summed E-state index contributed by atoms with van der Waals surface area (Å²) in [7, 11) is 0. The van der Waals surface area contributed by atoms with Gasteiger partial charge in [0.25, 0.3) is 0 Å². The number of rotatable bonds is 3. The van der Waals surface area contributed by atoms with E-state index < -0.39 is 5.97 Å². The first-order valence-corrected chi connectivity index (χ1v) is 6.18. The van der Waals surface area contributed by atoms with Gasteiger partial charge in [0.05, 0.1) is 10.6 Å². The summed E-state index contributed by atoms with van der Waals surface area (Å²) in [6.45, 7) is 0. The van der Waals surface area contributed by atoms with Gasteiger partial charge in [0, 0.05) is 25.0 Å². The topological polar surface area (TPSA) is 80.4 Å². The van der Waals surface area contributed by atoms with Gasteiger partial charge in [0.2, 0.25) is 0 Å². The molecule has 0 aromatic carbocycles. The molecule has 3 rings (SSSR count). The monoisotopic (exact) mass is 288 g/mol. The minimum atomic E-state index is -1.04. The molecule has 3 aromatic heterocycles. The van der Waals surface area contributed by atoms with Crippen molar-refractivity contribution in [2.75, 3.05) is 0 Å². The summed E-state index contributed by atoms with van der Waals surface area (Å²) in [6, 6.07) is 5.09. The molecular formula is C13H9ClN4O2. The van der Waals surface area contributed by atoms with Gasteiger partial charge >= 0.3 is 5.97 Å². The quantitative estimate of drug-likeness (QED) is 0.798. The summed E-state index contributed by atoms with van der Waals surface area (Å²) in [5.74, 6) is -0.423. The molecule has 0 saturated heterocycles. The minimum Gasteiger partial charge on any atom is -0.478 e. The van der Waals surface area contributed by atoms with Crippen LogP contribution < -0.4 is 0 Å². The predicted octanol–water partition coefficient (Wildman–Crippen LogP) is 2.07. The average Bonchev–Trinajstić information content (AvgIpc) is 2.84. The van der Waals surface area contributed by atoms with Gasteiger partial charge in [-0.3, -0.25) is 9.38 Å². The fraction of sp³-hybridized carbons (Fsp3) is 0.0769. The number of aromatic carboxylic acids is 1. The Hall–Kier alpha value is -2.47. The van der Waals surface area contributed by atoms with E-state index in [0.29, 0.717) is 17.9 Å². The smallest absolute Gasteiger partial charge is 0.337 e. The maximum Gasteiger partial charge on any atom is 0.337 e. The van der Waals surface area contributed by atoms with E-state index >= 15 is 0 Å². The Balaban J connectivity index is 2.10. The number of hydrogen-bond acceptors (Lipinski definition) is 4. The average molecular weight is 289 g/mol. The second kappa shape index (κ2) is 4.90. The number of carboxylic acid groups (broad SMARTS) is 1. The van der Waals surface area contributed by atoms with E-state index in [9.17, 15) is 4.79 Å².